The van der Waals surface area contributed by atoms with Gasteiger partial charge in [-0.25, -0.2) is 4.90 Å². The van der Waals surface area contributed by atoms with E-state index in [9.17, 15) is 19.2 Å². The van der Waals surface area contributed by atoms with Gasteiger partial charge in [-0.05, 0) is 24.3 Å². The highest BCUT2D eigenvalue weighted by Crippen LogP contribution is 2.54. The van der Waals surface area contributed by atoms with Crippen LogP contribution in [0, 0.1) is 11.8 Å². The van der Waals surface area contributed by atoms with E-state index >= 15 is 0 Å². The molecule has 164 valence electrons. The first kappa shape index (κ1) is 20.5. The number of nitrogens with one attached hydrogen (secondary N) is 2. The van der Waals surface area contributed by atoms with E-state index in [0.29, 0.717) is 16.3 Å². The van der Waals surface area contributed by atoms with Crippen molar-refractivity contribution < 1.29 is 23.9 Å². The summed E-state index contributed by atoms with van der Waals surface area (Å²) in [4.78, 5) is 53.5. The summed E-state index contributed by atoms with van der Waals surface area (Å²) in [5.41, 5.74) is 5.21. The lowest BCUT2D eigenvalue weighted by molar-refractivity contribution is -0.130. The number of rotatable bonds is 4. The molecule has 0 radical (unpaired) electrons. The molecule has 1 spiro atoms. The lowest BCUT2D eigenvalue weighted by Gasteiger charge is -2.29. The number of halogens is 1. The monoisotopic (exact) mass is 454 g/mol. The molecule has 32 heavy (non-hydrogen) atoms. The number of amides is 4. The standard InChI is InChI=1S/C22H19ClN4O5/c1-32-15-7-6-10(23)8-14(15)27-19(29)17-13(9-16(24)28)26-22(18(17)20(27)30)11-4-2-3-5-12(11)25-21(22)31/h2-8,13,17-18,26H,9H2,1H3,(H2,24,28)(H,25,31)/t13-,17-,18-,22-/m0/s1. The van der Waals surface area contributed by atoms with E-state index in [1.165, 1.54) is 13.2 Å². The molecule has 0 aromatic heterocycles. The van der Waals surface area contributed by atoms with E-state index in [2.05, 4.69) is 10.6 Å². The number of nitrogens with zero attached hydrogens (tertiary/aromatic N) is 1. The molecule has 2 aromatic rings. The lowest BCUT2D eigenvalue weighted by Crippen LogP contribution is -2.53. The molecule has 3 aliphatic heterocycles. The van der Waals surface area contributed by atoms with Gasteiger partial charge in [0, 0.05) is 28.7 Å². The molecule has 4 amide bonds. The number of nitrogens with two attached hydrogens (primary N) is 1. The molecule has 3 aliphatic rings. The van der Waals surface area contributed by atoms with Gasteiger partial charge in [0.1, 0.15) is 11.3 Å². The molecule has 2 saturated heterocycles. The number of anilines is 2. The van der Waals surface area contributed by atoms with Gasteiger partial charge in [-0.1, -0.05) is 29.8 Å². The Morgan fingerprint density at radius 2 is 1.94 bits per heavy atom. The zero-order chi connectivity index (χ0) is 22.8. The van der Waals surface area contributed by atoms with Crippen molar-refractivity contribution in [3.8, 4) is 5.75 Å². The van der Waals surface area contributed by atoms with Gasteiger partial charge in [0.15, 0.2) is 0 Å². The third-order valence-electron chi connectivity index (χ3n) is 6.43. The van der Waals surface area contributed by atoms with Crippen LogP contribution in [0.5, 0.6) is 5.75 Å². The van der Waals surface area contributed by atoms with Gasteiger partial charge in [0.25, 0.3) is 0 Å². The molecular weight excluding hydrogens is 436 g/mol. The molecule has 9 nitrogen and oxygen atoms in total. The van der Waals surface area contributed by atoms with Crippen molar-refractivity contribution in [2.75, 3.05) is 17.3 Å². The van der Waals surface area contributed by atoms with Crippen molar-refractivity contribution in [3.05, 3.63) is 53.1 Å². The fraction of sp³-hybridized carbons (Fsp3) is 0.273. The number of carbonyl (C=O) groups is 4. The number of imide groups is 1. The third-order valence-corrected chi connectivity index (χ3v) is 6.66. The Kier molecular flexibility index (Phi) is 4.51. The van der Waals surface area contributed by atoms with Gasteiger partial charge in [0.05, 0.1) is 24.6 Å². The molecule has 0 bridgehead atoms. The van der Waals surface area contributed by atoms with E-state index in [4.69, 9.17) is 22.1 Å². The van der Waals surface area contributed by atoms with Crippen LogP contribution >= 0.6 is 11.6 Å². The zero-order valence-electron chi connectivity index (χ0n) is 16.9. The fourth-order valence-corrected chi connectivity index (χ4v) is 5.39. The van der Waals surface area contributed by atoms with Gasteiger partial charge in [-0.2, -0.15) is 0 Å². The van der Waals surface area contributed by atoms with Crippen molar-refractivity contribution in [1.82, 2.24) is 5.32 Å². The van der Waals surface area contributed by atoms with E-state index < -0.39 is 47.0 Å². The highest BCUT2D eigenvalue weighted by molar-refractivity contribution is 6.32. The Hall–Kier alpha value is -3.43. The average molecular weight is 455 g/mol. The third kappa shape index (κ3) is 2.61. The minimum atomic E-state index is -1.51. The minimum Gasteiger partial charge on any atom is -0.495 e. The second kappa shape index (κ2) is 7.04. The number of fused-ring (bicyclic) bond motifs is 4. The normalized spacial score (nSPS) is 28.1. The maximum absolute atomic E-state index is 13.8. The maximum Gasteiger partial charge on any atom is 0.250 e. The van der Waals surface area contributed by atoms with Gasteiger partial charge >= 0.3 is 0 Å². The molecule has 0 saturated carbocycles. The number of methoxy groups -OCH3 is 1. The molecule has 2 aromatic carbocycles. The number of benzene rings is 2. The quantitative estimate of drug-likeness (QED) is 0.594. The Bertz CT molecular complexity index is 1200. The van der Waals surface area contributed by atoms with Gasteiger partial charge < -0.3 is 15.8 Å². The number of primary amides is 1. The van der Waals surface area contributed by atoms with E-state index in [1.54, 1.807) is 36.4 Å². The van der Waals surface area contributed by atoms with Crippen LogP contribution in [0.4, 0.5) is 11.4 Å². The van der Waals surface area contributed by atoms with Gasteiger partial charge in [-0.3, -0.25) is 24.5 Å². The van der Waals surface area contributed by atoms with Crippen molar-refractivity contribution in [1.29, 1.82) is 0 Å². The van der Waals surface area contributed by atoms with E-state index in [0.717, 1.165) is 4.90 Å². The first-order chi connectivity index (χ1) is 15.3. The molecule has 2 fully saturated rings. The van der Waals surface area contributed by atoms with Crippen LogP contribution in [0.15, 0.2) is 42.5 Å². The van der Waals surface area contributed by atoms with Crippen molar-refractivity contribution in [2.24, 2.45) is 17.6 Å². The minimum absolute atomic E-state index is 0.184. The van der Waals surface area contributed by atoms with Crippen LogP contribution in [-0.4, -0.2) is 36.8 Å². The number of hydrogen-bond acceptors (Lipinski definition) is 6. The number of carbonyl (C=O) groups excluding carboxylic acids is 4. The topological polar surface area (TPSA) is 131 Å². The Morgan fingerprint density at radius 1 is 1.19 bits per heavy atom. The summed E-state index contributed by atoms with van der Waals surface area (Å²) in [5, 5.41) is 6.24. The summed E-state index contributed by atoms with van der Waals surface area (Å²) in [5.74, 6) is -4.01. The van der Waals surface area contributed by atoms with Crippen molar-refractivity contribution in [2.45, 2.75) is 18.0 Å². The molecular formula is C22H19ClN4O5. The largest absolute Gasteiger partial charge is 0.495 e. The van der Waals surface area contributed by atoms with E-state index in [-0.39, 0.29) is 17.9 Å². The smallest absolute Gasteiger partial charge is 0.250 e. The molecule has 0 aliphatic carbocycles. The molecule has 3 heterocycles. The summed E-state index contributed by atoms with van der Waals surface area (Å²) < 4.78 is 5.34. The lowest BCUT2D eigenvalue weighted by atomic mass is 9.76. The van der Waals surface area contributed by atoms with E-state index in [1.807, 2.05) is 0 Å². The summed E-state index contributed by atoms with van der Waals surface area (Å²) in [6, 6.07) is 10.7. The van der Waals surface area contributed by atoms with Crippen LogP contribution in [-0.2, 0) is 24.7 Å². The second-order valence-electron chi connectivity index (χ2n) is 8.06. The highest BCUT2D eigenvalue weighted by atomic mass is 35.5. The number of para-hydroxylation sites is 1. The first-order valence-corrected chi connectivity index (χ1v) is 10.4. The molecule has 4 atom stereocenters. The van der Waals surface area contributed by atoms with Crippen LogP contribution in [0.3, 0.4) is 0 Å². The molecule has 0 unspecified atom stereocenters. The van der Waals surface area contributed by atoms with Crippen LogP contribution in [0.25, 0.3) is 0 Å². The fourth-order valence-electron chi connectivity index (χ4n) is 5.23. The molecule has 4 N–H and O–H groups in total. The summed E-state index contributed by atoms with van der Waals surface area (Å²) in [6.45, 7) is 0. The predicted octanol–water partition coefficient (Wildman–Crippen LogP) is 1.15. The van der Waals surface area contributed by atoms with Crippen molar-refractivity contribution >= 4 is 46.6 Å². The zero-order valence-corrected chi connectivity index (χ0v) is 17.7. The van der Waals surface area contributed by atoms with Crippen LogP contribution < -0.4 is 26.0 Å². The number of hydrogen-bond donors (Lipinski definition) is 3. The highest BCUT2D eigenvalue weighted by Gasteiger charge is 2.70. The first-order valence-electron chi connectivity index (χ1n) is 9.98. The predicted molar refractivity (Wildman–Crippen MR) is 115 cm³/mol. The Labute approximate surface area is 187 Å². The van der Waals surface area contributed by atoms with Crippen molar-refractivity contribution in [3.63, 3.8) is 0 Å². The Morgan fingerprint density at radius 3 is 2.66 bits per heavy atom. The second-order valence-corrected chi connectivity index (χ2v) is 8.50. The SMILES string of the molecule is COc1ccc(Cl)cc1N1C(=O)[C@H]2[C@H](CC(N)=O)N[C@]3(C(=O)Nc4ccccc43)[C@@H]2C1=O. The van der Waals surface area contributed by atoms with Gasteiger partial charge in [-0.15, -0.1) is 0 Å². The Balaban J connectivity index is 1.69. The van der Waals surface area contributed by atoms with Crippen LogP contribution in [0.1, 0.15) is 12.0 Å². The van der Waals surface area contributed by atoms with Crippen LogP contribution in [0.2, 0.25) is 5.02 Å². The van der Waals surface area contributed by atoms with Gasteiger partial charge in [0.2, 0.25) is 23.6 Å². The average Bonchev–Trinajstić information content (AvgIpc) is 3.32. The summed E-state index contributed by atoms with van der Waals surface area (Å²) in [6.07, 6.45) is -0.210. The summed E-state index contributed by atoms with van der Waals surface area (Å²) in [7, 11) is 1.41. The maximum atomic E-state index is 13.8. The number of ether oxygens (including phenoxy) is 1. The summed E-state index contributed by atoms with van der Waals surface area (Å²) >= 11 is 6.13. The molecule has 10 heteroatoms. The molecule has 5 rings (SSSR count).